The molecule has 1 aliphatic rings. The molecule has 8 heteroatoms. The molecule has 1 amide bonds. The molecule has 0 spiro atoms. The molecule has 2 rings (SSSR count). The molecular weight excluding hydrogens is 368 g/mol. The second kappa shape index (κ2) is 8.45. The number of rotatable bonds is 7. The van der Waals surface area contributed by atoms with Crippen molar-refractivity contribution in [2.75, 3.05) is 29.9 Å². The molecule has 1 aromatic carbocycles. The number of nitrogens with zero attached hydrogens (tertiary/aromatic N) is 1. The van der Waals surface area contributed by atoms with E-state index in [0.717, 1.165) is 21.6 Å². The van der Waals surface area contributed by atoms with Crippen LogP contribution in [0, 0.1) is 0 Å². The summed E-state index contributed by atoms with van der Waals surface area (Å²) in [4.78, 5) is 12.3. The summed E-state index contributed by atoms with van der Waals surface area (Å²) in [6.45, 7) is 0.572. The molecular formula is C16H23ClN2O3S2. The van der Waals surface area contributed by atoms with Gasteiger partial charge in [0, 0.05) is 24.6 Å². The monoisotopic (exact) mass is 390 g/mol. The van der Waals surface area contributed by atoms with Gasteiger partial charge in [-0.25, -0.2) is 8.42 Å². The van der Waals surface area contributed by atoms with Gasteiger partial charge in [0.2, 0.25) is 10.0 Å². The number of amides is 1. The molecule has 5 nitrogen and oxygen atoms in total. The van der Waals surface area contributed by atoms with Crippen molar-refractivity contribution in [3.05, 3.63) is 28.8 Å². The van der Waals surface area contributed by atoms with Crippen LogP contribution < -0.4 is 9.62 Å². The Balaban J connectivity index is 1.95. The number of carbonyl (C=O) groups excluding carboxylic acids is 1. The molecule has 0 unspecified atom stereocenters. The Morgan fingerprint density at radius 3 is 2.67 bits per heavy atom. The van der Waals surface area contributed by atoms with Crippen LogP contribution in [0.4, 0.5) is 5.69 Å². The summed E-state index contributed by atoms with van der Waals surface area (Å²) in [5.74, 6) is 0.590. The number of nitrogens with one attached hydrogen (secondary N) is 1. The minimum atomic E-state index is -3.39. The first-order valence-electron chi connectivity index (χ1n) is 7.92. The van der Waals surface area contributed by atoms with Crippen molar-refractivity contribution in [2.45, 2.75) is 30.9 Å². The van der Waals surface area contributed by atoms with E-state index in [1.807, 2.05) is 11.8 Å². The minimum absolute atomic E-state index is 0.282. The van der Waals surface area contributed by atoms with E-state index in [0.29, 0.717) is 17.3 Å². The Kier molecular flexibility index (Phi) is 6.83. The molecule has 1 aromatic rings. The Labute approximate surface area is 153 Å². The van der Waals surface area contributed by atoms with Gasteiger partial charge in [0.25, 0.3) is 5.91 Å². The van der Waals surface area contributed by atoms with Crippen molar-refractivity contribution in [1.82, 2.24) is 5.32 Å². The van der Waals surface area contributed by atoms with Crippen molar-refractivity contribution < 1.29 is 13.2 Å². The van der Waals surface area contributed by atoms with E-state index in [4.69, 9.17) is 11.6 Å². The maximum Gasteiger partial charge on any atom is 0.252 e. The Bertz CT molecular complexity index is 689. The van der Waals surface area contributed by atoms with Gasteiger partial charge >= 0.3 is 0 Å². The number of hydrogen-bond donors (Lipinski definition) is 1. The molecule has 0 heterocycles. The summed E-state index contributed by atoms with van der Waals surface area (Å²) in [5, 5.41) is 3.88. The van der Waals surface area contributed by atoms with Gasteiger partial charge in [-0.05, 0) is 31.0 Å². The summed E-state index contributed by atoms with van der Waals surface area (Å²) < 4.78 is 24.4. The first kappa shape index (κ1) is 19.4. The Morgan fingerprint density at radius 1 is 1.38 bits per heavy atom. The lowest BCUT2D eigenvalue weighted by Crippen LogP contribution is -2.28. The quantitative estimate of drug-likeness (QED) is 0.726. The molecule has 134 valence electrons. The van der Waals surface area contributed by atoms with Crippen LogP contribution in [0.15, 0.2) is 18.2 Å². The van der Waals surface area contributed by atoms with Crippen LogP contribution in [-0.4, -0.2) is 45.2 Å². The zero-order valence-electron chi connectivity index (χ0n) is 13.9. The third-order valence-electron chi connectivity index (χ3n) is 4.10. The molecule has 0 aromatic heterocycles. The van der Waals surface area contributed by atoms with Crippen LogP contribution >= 0.6 is 23.4 Å². The largest absolute Gasteiger partial charge is 0.351 e. The SMILES string of the molecule is CN(c1ccc(Cl)c(C(=O)NCCSC2CCCC2)c1)S(C)(=O)=O. The van der Waals surface area contributed by atoms with E-state index < -0.39 is 10.0 Å². The number of anilines is 1. The average molecular weight is 391 g/mol. The highest BCUT2D eigenvalue weighted by atomic mass is 35.5. The number of halogens is 1. The van der Waals surface area contributed by atoms with E-state index in [9.17, 15) is 13.2 Å². The first-order chi connectivity index (χ1) is 11.3. The van der Waals surface area contributed by atoms with Crippen molar-refractivity contribution in [1.29, 1.82) is 0 Å². The molecule has 0 radical (unpaired) electrons. The smallest absolute Gasteiger partial charge is 0.252 e. The van der Waals surface area contributed by atoms with E-state index in [2.05, 4.69) is 5.32 Å². The maximum atomic E-state index is 12.3. The Morgan fingerprint density at radius 2 is 2.04 bits per heavy atom. The number of benzene rings is 1. The zero-order chi connectivity index (χ0) is 17.7. The topological polar surface area (TPSA) is 66.5 Å². The van der Waals surface area contributed by atoms with Crippen LogP contribution in [-0.2, 0) is 10.0 Å². The number of carbonyl (C=O) groups is 1. The third-order valence-corrected chi connectivity index (χ3v) is 7.02. The predicted octanol–water partition coefficient (Wildman–Crippen LogP) is 3.14. The molecule has 24 heavy (non-hydrogen) atoms. The summed E-state index contributed by atoms with van der Waals surface area (Å²) in [5.41, 5.74) is 0.697. The van der Waals surface area contributed by atoms with Gasteiger partial charge in [0.1, 0.15) is 0 Å². The normalized spacial score (nSPS) is 15.5. The van der Waals surface area contributed by atoms with E-state index >= 15 is 0 Å². The summed E-state index contributed by atoms with van der Waals surface area (Å²) in [6, 6.07) is 4.62. The molecule has 1 N–H and O–H groups in total. The maximum absolute atomic E-state index is 12.3. The minimum Gasteiger partial charge on any atom is -0.351 e. The average Bonchev–Trinajstić information content (AvgIpc) is 3.03. The number of thioether (sulfide) groups is 1. The van der Waals surface area contributed by atoms with Gasteiger partial charge in [-0.15, -0.1) is 0 Å². The molecule has 0 saturated heterocycles. The van der Waals surface area contributed by atoms with Crippen molar-refractivity contribution in [3.63, 3.8) is 0 Å². The standard InChI is InChI=1S/C16H23ClN2O3S2/c1-19(24(2,21)22)12-7-8-15(17)14(11-12)16(20)18-9-10-23-13-5-3-4-6-13/h7-8,11,13H,3-6,9-10H2,1-2H3,(H,18,20). The van der Waals surface area contributed by atoms with Crippen LogP contribution in [0.2, 0.25) is 5.02 Å². The third kappa shape index (κ3) is 5.29. The molecule has 0 aliphatic heterocycles. The second-order valence-corrected chi connectivity index (χ2v) is 9.76. The number of hydrogen-bond acceptors (Lipinski definition) is 4. The lowest BCUT2D eigenvalue weighted by atomic mass is 10.2. The first-order valence-corrected chi connectivity index (χ1v) is 11.2. The highest BCUT2D eigenvalue weighted by Gasteiger charge is 2.17. The van der Waals surface area contributed by atoms with Gasteiger partial charge in [-0.1, -0.05) is 24.4 Å². The lowest BCUT2D eigenvalue weighted by Gasteiger charge is -2.18. The highest BCUT2D eigenvalue weighted by molar-refractivity contribution is 7.99. The van der Waals surface area contributed by atoms with Crippen LogP contribution in [0.1, 0.15) is 36.0 Å². The molecule has 1 aliphatic carbocycles. The van der Waals surface area contributed by atoms with Crippen molar-refractivity contribution in [2.24, 2.45) is 0 Å². The van der Waals surface area contributed by atoms with Gasteiger partial charge in [-0.2, -0.15) is 11.8 Å². The van der Waals surface area contributed by atoms with Crippen LogP contribution in [0.3, 0.4) is 0 Å². The van der Waals surface area contributed by atoms with E-state index in [1.165, 1.54) is 38.8 Å². The molecule has 1 saturated carbocycles. The zero-order valence-corrected chi connectivity index (χ0v) is 16.3. The fraction of sp³-hybridized carbons (Fsp3) is 0.562. The predicted molar refractivity (Wildman–Crippen MR) is 102 cm³/mol. The number of sulfonamides is 1. The van der Waals surface area contributed by atoms with Crippen LogP contribution in [0.5, 0.6) is 0 Å². The molecule has 0 bridgehead atoms. The van der Waals surface area contributed by atoms with E-state index in [1.54, 1.807) is 12.1 Å². The lowest BCUT2D eigenvalue weighted by molar-refractivity contribution is 0.0956. The van der Waals surface area contributed by atoms with Crippen molar-refractivity contribution >= 4 is 45.0 Å². The fourth-order valence-electron chi connectivity index (χ4n) is 2.62. The van der Waals surface area contributed by atoms with Crippen LogP contribution in [0.25, 0.3) is 0 Å². The fourth-order valence-corrected chi connectivity index (χ4v) is 4.53. The van der Waals surface area contributed by atoms with Crippen molar-refractivity contribution in [3.8, 4) is 0 Å². The summed E-state index contributed by atoms with van der Waals surface area (Å²) in [6.07, 6.45) is 6.26. The summed E-state index contributed by atoms with van der Waals surface area (Å²) >= 11 is 7.99. The van der Waals surface area contributed by atoms with E-state index in [-0.39, 0.29) is 11.5 Å². The van der Waals surface area contributed by atoms with Gasteiger partial charge in [-0.3, -0.25) is 9.10 Å². The molecule has 0 atom stereocenters. The summed E-state index contributed by atoms with van der Waals surface area (Å²) in [7, 11) is -1.94. The van der Waals surface area contributed by atoms with Gasteiger partial charge in [0.05, 0.1) is 22.5 Å². The van der Waals surface area contributed by atoms with Gasteiger partial charge < -0.3 is 5.32 Å². The highest BCUT2D eigenvalue weighted by Crippen LogP contribution is 2.29. The van der Waals surface area contributed by atoms with Gasteiger partial charge in [0.15, 0.2) is 0 Å². The second-order valence-electron chi connectivity index (χ2n) is 5.93. The Hall–Kier alpha value is -0.920. The molecule has 1 fully saturated rings.